The molecule has 8 nitrogen and oxygen atoms in total. The Kier molecular flexibility index (Phi) is 8.48. The normalized spacial score (nSPS) is 14.4. The molecule has 0 aliphatic carbocycles. The lowest BCUT2D eigenvalue weighted by atomic mass is 10.1. The predicted molar refractivity (Wildman–Crippen MR) is 140 cm³/mol. The summed E-state index contributed by atoms with van der Waals surface area (Å²) in [5.74, 6) is -0.126. The molecule has 0 N–H and O–H groups in total. The third-order valence-electron chi connectivity index (χ3n) is 5.16. The van der Waals surface area contributed by atoms with E-state index >= 15 is 0 Å². The third-order valence-corrected chi connectivity index (χ3v) is 6.60. The van der Waals surface area contributed by atoms with Gasteiger partial charge in [-0.05, 0) is 72.3 Å². The highest BCUT2D eigenvalue weighted by Gasteiger charge is 2.36. The van der Waals surface area contributed by atoms with Gasteiger partial charge >= 0.3 is 5.97 Å². The Balaban J connectivity index is 1.52. The first-order valence-electron chi connectivity index (χ1n) is 11.0. The van der Waals surface area contributed by atoms with Gasteiger partial charge in [0.25, 0.3) is 11.1 Å². The molecule has 2 heterocycles. The molecule has 1 aliphatic heterocycles. The van der Waals surface area contributed by atoms with Gasteiger partial charge in [-0.25, -0.2) is 4.79 Å². The summed E-state index contributed by atoms with van der Waals surface area (Å²) in [6.07, 6.45) is 1.56. The predicted octanol–water partition coefficient (Wildman–Crippen LogP) is 6.59. The van der Waals surface area contributed by atoms with Gasteiger partial charge in [-0.1, -0.05) is 35.3 Å². The van der Waals surface area contributed by atoms with Crippen LogP contribution in [0, 0.1) is 0 Å². The van der Waals surface area contributed by atoms with E-state index in [1.807, 2.05) is 19.1 Å². The molecular formula is C26H21Cl2NO7S. The minimum Gasteiger partial charge on any atom is -0.490 e. The fourth-order valence-electron chi connectivity index (χ4n) is 3.43. The molecule has 1 aliphatic rings. The van der Waals surface area contributed by atoms with Gasteiger partial charge in [0, 0.05) is 5.02 Å². The topological polar surface area (TPSA) is 95.3 Å². The molecule has 4 rings (SSSR count). The molecule has 3 aromatic rings. The maximum atomic E-state index is 13.0. The van der Waals surface area contributed by atoms with E-state index in [2.05, 4.69) is 4.74 Å². The molecule has 11 heteroatoms. The molecule has 1 aromatic heterocycles. The van der Waals surface area contributed by atoms with Crippen LogP contribution in [0.1, 0.15) is 34.4 Å². The van der Waals surface area contributed by atoms with Crippen molar-refractivity contribution in [2.75, 3.05) is 13.7 Å². The Morgan fingerprint density at radius 2 is 1.84 bits per heavy atom. The molecule has 192 valence electrons. The first-order valence-corrected chi connectivity index (χ1v) is 12.6. The summed E-state index contributed by atoms with van der Waals surface area (Å²) in [5, 5.41) is 0.447. The molecule has 0 atom stereocenters. The summed E-state index contributed by atoms with van der Waals surface area (Å²) in [6.45, 7) is 2.32. The van der Waals surface area contributed by atoms with Gasteiger partial charge in [-0.15, -0.1) is 0 Å². The van der Waals surface area contributed by atoms with Crippen molar-refractivity contribution in [1.82, 2.24) is 4.90 Å². The zero-order chi connectivity index (χ0) is 26.5. The number of esters is 1. The van der Waals surface area contributed by atoms with Gasteiger partial charge < -0.3 is 18.6 Å². The van der Waals surface area contributed by atoms with Crippen LogP contribution in [0.5, 0.6) is 11.5 Å². The number of methoxy groups -OCH3 is 1. The highest BCUT2D eigenvalue weighted by atomic mass is 35.5. The first-order chi connectivity index (χ1) is 17.8. The minimum atomic E-state index is -0.650. The van der Waals surface area contributed by atoms with Crippen molar-refractivity contribution in [2.24, 2.45) is 0 Å². The molecule has 2 aromatic carbocycles. The average molecular weight is 562 g/mol. The SMILES string of the molecule is CCOc1cc(/C=C2/SC(=O)N(Cc3ccc(C(=O)OC)o3)C2=O)cc(Cl)c1OCc1ccc(Cl)cc1. The van der Waals surface area contributed by atoms with Crippen LogP contribution in [0.3, 0.4) is 0 Å². The Labute approximate surface area is 227 Å². The lowest BCUT2D eigenvalue weighted by Gasteiger charge is -2.15. The summed E-state index contributed by atoms with van der Waals surface area (Å²) in [5.41, 5.74) is 1.46. The fourth-order valence-corrected chi connectivity index (χ4v) is 4.67. The number of imide groups is 1. The van der Waals surface area contributed by atoms with E-state index in [4.69, 9.17) is 37.1 Å². The van der Waals surface area contributed by atoms with Crippen LogP contribution in [0.4, 0.5) is 4.79 Å². The standard InChI is InChI=1S/C26H21Cl2NO7S/c1-3-34-21-11-16(10-19(28)23(21)35-14-15-4-6-17(27)7-5-15)12-22-24(30)29(26(32)37-22)13-18-8-9-20(36-18)25(31)33-2/h4-12H,3,13-14H2,1-2H3/b22-12+. The Bertz CT molecular complexity index is 1370. The number of amides is 2. The Morgan fingerprint density at radius 3 is 2.54 bits per heavy atom. The molecule has 37 heavy (non-hydrogen) atoms. The van der Waals surface area contributed by atoms with E-state index in [1.54, 1.807) is 30.3 Å². The van der Waals surface area contributed by atoms with E-state index in [0.717, 1.165) is 22.2 Å². The number of carbonyl (C=O) groups excluding carboxylic acids is 3. The van der Waals surface area contributed by atoms with Crippen molar-refractivity contribution in [1.29, 1.82) is 0 Å². The van der Waals surface area contributed by atoms with Crippen molar-refractivity contribution >= 4 is 58.2 Å². The van der Waals surface area contributed by atoms with E-state index in [0.29, 0.717) is 28.7 Å². The van der Waals surface area contributed by atoms with Crippen molar-refractivity contribution in [3.63, 3.8) is 0 Å². The number of nitrogens with zero attached hydrogens (tertiary/aromatic N) is 1. The van der Waals surface area contributed by atoms with Crippen LogP contribution in [-0.4, -0.2) is 35.7 Å². The van der Waals surface area contributed by atoms with Crippen molar-refractivity contribution < 1.29 is 33.0 Å². The number of ether oxygens (including phenoxy) is 3. The molecule has 0 spiro atoms. The van der Waals surface area contributed by atoms with Crippen LogP contribution < -0.4 is 9.47 Å². The maximum Gasteiger partial charge on any atom is 0.373 e. The van der Waals surface area contributed by atoms with Crippen LogP contribution in [0.15, 0.2) is 57.9 Å². The van der Waals surface area contributed by atoms with E-state index in [1.165, 1.54) is 19.2 Å². The number of thioether (sulfide) groups is 1. The van der Waals surface area contributed by atoms with E-state index in [-0.39, 0.29) is 34.6 Å². The Morgan fingerprint density at radius 1 is 1.08 bits per heavy atom. The van der Waals surface area contributed by atoms with Crippen molar-refractivity contribution in [2.45, 2.75) is 20.1 Å². The zero-order valence-electron chi connectivity index (χ0n) is 19.8. The molecular weight excluding hydrogens is 541 g/mol. The summed E-state index contributed by atoms with van der Waals surface area (Å²) in [7, 11) is 1.23. The number of rotatable bonds is 9. The molecule has 0 bridgehead atoms. The highest BCUT2D eigenvalue weighted by molar-refractivity contribution is 8.18. The number of hydrogen-bond donors (Lipinski definition) is 0. The average Bonchev–Trinajstić information content (AvgIpc) is 3.45. The van der Waals surface area contributed by atoms with Crippen LogP contribution in [-0.2, 0) is 22.7 Å². The van der Waals surface area contributed by atoms with Gasteiger partial charge in [0.05, 0.1) is 30.2 Å². The third kappa shape index (κ3) is 6.30. The molecule has 1 saturated heterocycles. The number of furan rings is 1. The summed E-state index contributed by atoms with van der Waals surface area (Å²) < 4.78 is 21.6. The monoisotopic (exact) mass is 561 g/mol. The highest BCUT2D eigenvalue weighted by Crippen LogP contribution is 2.40. The van der Waals surface area contributed by atoms with E-state index in [9.17, 15) is 14.4 Å². The van der Waals surface area contributed by atoms with Gasteiger partial charge in [0.15, 0.2) is 11.5 Å². The second-order valence-corrected chi connectivity index (χ2v) is 9.54. The second kappa shape index (κ2) is 11.8. The fraction of sp³-hybridized carbons (Fsp3) is 0.192. The van der Waals surface area contributed by atoms with Gasteiger partial charge in [0.2, 0.25) is 5.76 Å². The van der Waals surface area contributed by atoms with Crippen LogP contribution in [0.2, 0.25) is 10.0 Å². The number of halogens is 2. The molecule has 1 fully saturated rings. The van der Waals surface area contributed by atoms with Crippen molar-refractivity contribution in [3.8, 4) is 11.5 Å². The lowest BCUT2D eigenvalue weighted by molar-refractivity contribution is -0.123. The molecule has 0 radical (unpaired) electrons. The number of carbonyl (C=O) groups is 3. The maximum absolute atomic E-state index is 13.0. The minimum absolute atomic E-state index is 0.0171. The lowest BCUT2D eigenvalue weighted by Crippen LogP contribution is -2.27. The van der Waals surface area contributed by atoms with Gasteiger partial charge in [-0.3, -0.25) is 14.5 Å². The van der Waals surface area contributed by atoms with Crippen LogP contribution in [0.25, 0.3) is 6.08 Å². The zero-order valence-corrected chi connectivity index (χ0v) is 22.1. The van der Waals surface area contributed by atoms with Gasteiger partial charge in [0.1, 0.15) is 12.4 Å². The molecule has 2 amide bonds. The molecule has 0 saturated carbocycles. The smallest absolute Gasteiger partial charge is 0.373 e. The largest absolute Gasteiger partial charge is 0.490 e. The first kappa shape index (κ1) is 26.7. The second-order valence-electron chi connectivity index (χ2n) is 7.70. The van der Waals surface area contributed by atoms with E-state index < -0.39 is 17.1 Å². The van der Waals surface area contributed by atoms with Gasteiger partial charge in [-0.2, -0.15) is 0 Å². The molecule has 0 unspecified atom stereocenters. The summed E-state index contributed by atoms with van der Waals surface area (Å²) in [4.78, 5) is 38.3. The van der Waals surface area contributed by atoms with Crippen LogP contribution >= 0.6 is 35.0 Å². The number of benzene rings is 2. The summed E-state index contributed by atoms with van der Waals surface area (Å²) in [6, 6.07) is 13.5. The Hall–Kier alpha value is -3.40. The summed E-state index contributed by atoms with van der Waals surface area (Å²) >= 11 is 13.2. The number of hydrogen-bond acceptors (Lipinski definition) is 8. The van der Waals surface area contributed by atoms with Crippen molar-refractivity contribution in [3.05, 3.63) is 86.1 Å². The quantitative estimate of drug-likeness (QED) is 0.213.